The van der Waals surface area contributed by atoms with Crippen molar-refractivity contribution in [2.45, 2.75) is 19.9 Å². The number of hydrogen-bond donors (Lipinski definition) is 1. The van der Waals surface area contributed by atoms with E-state index in [1.54, 1.807) is 42.5 Å². The third kappa shape index (κ3) is 4.32. The molecule has 2 aromatic carbocycles. The molecule has 0 aliphatic carbocycles. The van der Waals surface area contributed by atoms with Gasteiger partial charge in [0.05, 0.1) is 11.6 Å². The molecule has 1 saturated heterocycles. The van der Waals surface area contributed by atoms with Gasteiger partial charge >= 0.3 is 0 Å². The normalized spacial score (nSPS) is 18.4. The summed E-state index contributed by atoms with van der Waals surface area (Å²) in [6.07, 6.45) is 0. The minimum absolute atomic E-state index is 0.0908. The van der Waals surface area contributed by atoms with E-state index in [0.29, 0.717) is 12.1 Å². The van der Waals surface area contributed by atoms with Crippen LogP contribution >= 0.6 is 15.9 Å². The van der Waals surface area contributed by atoms with Crippen LogP contribution in [0.25, 0.3) is 5.76 Å². The van der Waals surface area contributed by atoms with Gasteiger partial charge in [-0.2, -0.15) is 0 Å². The first-order valence-electron chi connectivity index (χ1n) is 9.90. The van der Waals surface area contributed by atoms with Crippen molar-refractivity contribution in [1.82, 2.24) is 9.80 Å². The average Bonchev–Trinajstić information content (AvgIpc) is 2.99. The Bertz CT molecular complexity index is 971. The zero-order valence-electron chi connectivity index (χ0n) is 16.9. The predicted molar refractivity (Wildman–Crippen MR) is 117 cm³/mol. The smallest absolute Gasteiger partial charge is 0.295 e. The number of benzene rings is 2. The minimum atomic E-state index is -0.981. The molecule has 0 aromatic heterocycles. The van der Waals surface area contributed by atoms with E-state index in [1.807, 2.05) is 13.8 Å². The molecule has 0 saturated carbocycles. The fourth-order valence-electron chi connectivity index (χ4n) is 3.68. The Morgan fingerprint density at radius 2 is 1.73 bits per heavy atom. The van der Waals surface area contributed by atoms with Gasteiger partial charge in [0.2, 0.25) is 0 Å². The van der Waals surface area contributed by atoms with E-state index >= 15 is 0 Å². The van der Waals surface area contributed by atoms with Crippen LogP contribution in [0.2, 0.25) is 0 Å². The Balaban J connectivity index is 2.11. The third-order valence-corrected chi connectivity index (χ3v) is 5.94. The highest BCUT2D eigenvalue weighted by Crippen LogP contribution is 2.40. The van der Waals surface area contributed by atoms with Crippen LogP contribution in [-0.2, 0) is 9.59 Å². The Morgan fingerprint density at radius 3 is 2.33 bits per heavy atom. The molecule has 158 valence electrons. The van der Waals surface area contributed by atoms with Gasteiger partial charge in [-0.15, -0.1) is 0 Å². The van der Waals surface area contributed by atoms with Crippen LogP contribution < -0.4 is 0 Å². The van der Waals surface area contributed by atoms with Gasteiger partial charge in [-0.3, -0.25) is 9.59 Å². The van der Waals surface area contributed by atoms with Crippen LogP contribution in [0, 0.1) is 5.82 Å². The lowest BCUT2D eigenvalue weighted by molar-refractivity contribution is -0.140. The van der Waals surface area contributed by atoms with Crippen molar-refractivity contribution in [2.75, 3.05) is 26.2 Å². The maximum atomic E-state index is 14.7. The third-order valence-electron chi connectivity index (χ3n) is 5.41. The maximum Gasteiger partial charge on any atom is 0.295 e. The molecule has 7 heteroatoms. The molecule has 1 N–H and O–H groups in total. The van der Waals surface area contributed by atoms with E-state index < -0.39 is 23.5 Å². The fraction of sp³-hybridized carbons (Fsp3) is 0.304. The molecule has 1 atom stereocenters. The lowest BCUT2D eigenvalue weighted by atomic mass is 9.95. The number of likely N-dealkylation sites (tertiary alicyclic amines) is 1. The molecule has 1 aliphatic heterocycles. The van der Waals surface area contributed by atoms with E-state index in [9.17, 15) is 19.1 Å². The molecule has 5 nitrogen and oxygen atoms in total. The monoisotopic (exact) mass is 474 g/mol. The average molecular weight is 475 g/mol. The van der Waals surface area contributed by atoms with E-state index in [1.165, 1.54) is 11.0 Å². The summed E-state index contributed by atoms with van der Waals surface area (Å²) in [4.78, 5) is 29.3. The van der Waals surface area contributed by atoms with Crippen molar-refractivity contribution >= 4 is 33.4 Å². The molecular formula is C23H24BrFN2O3. The highest BCUT2D eigenvalue weighted by Gasteiger charge is 2.46. The molecule has 3 rings (SSSR count). The number of hydrogen-bond acceptors (Lipinski definition) is 4. The van der Waals surface area contributed by atoms with Gasteiger partial charge < -0.3 is 14.9 Å². The zero-order chi connectivity index (χ0) is 21.8. The molecule has 1 unspecified atom stereocenters. The Morgan fingerprint density at radius 1 is 1.10 bits per heavy atom. The number of nitrogens with zero attached hydrogens (tertiary/aromatic N) is 2. The lowest BCUT2D eigenvalue weighted by Gasteiger charge is -2.28. The molecule has 1 amide bonds. The van der Waals surface area contributed by atoms with Crippen molar-refractivity contribution in [3.8, 4) is 0 Å². The largest absolute Gasteiger partial charge is 0.507 e. The summed E-state index contributed by atoms with van der Waals surface area (Å²) >= 11 is 3.33. The number of Topliss-reactive ketones (excluding diaryl/α,β-unsaturated/α-hetero) is 1. The van der Waals surface area contributed by atoms with Gasteiger partial charge in [0.25, 0.3) is 11.7 Å². The molecule has 1 aliphatic rings. The number of halogens is 2. The molecule has 1 fully saturated rings. The molecule has 30 heavy (non-hydrogen) atoms. The molecular weight excluding hydrogens is 451 g/mol. The van der Waals surface area contributed by atoms with Crippen LogP contribution in [0.3, 0.4) is 0 Å². The molecule has 0 bridgehead atoms. The summed E-state index contributed by atoms with van der Waals surface area (Å²) < 4.78 is 15.5. The Kier molecular flexibility index (Phi) is 7.05. The Hall–Kier alpha value is -2.51. The number of rotatable bonds is 7. The second-order valence-corrected chi connectivity index (χ2v) is 7.96. The summed E-state index contributed by atoms with van der Waals surface area (Å²) in [5.41, 5.74) is 0.489. The van der Waals surface area contributed by atoms with Crippen LogP contribution in [0.5, 0.6) is 0 Å². The van der Waals surface area contributed by atoms with Crippen molar-refractivity contribution in [1.29, 1.82) is 0 Å². The van der Waals surface area contributed by atoms with Crippen LogP contribution in [0.4, 0.5) is 4.39 Å². The number of aliphatic hydroxyl groups is 1. The molecule has 0 spiro atoms. The van der Waals surface area contributed by atoms with Crippen molar-refractivity contribution < 1.29 is 19.1 Å². The van der Waals surface area contributed by atoms with Gasteiger partial charge in [-0.05, 0) is 31.3 Å². The maximum absolute atomic E-state index is 14.7. The second kappa shape index (κ2) is 9.53. The second-order valence-electron chi connectivity index (χ2n) is 7.05. The van der Waals surface area contributed by atoms with Gasteiger partial charge in [-0.1, -0.05) is 60.1 Å². The number of amides is 1. The summed E-state index contributed by atoms with van der Waals surface area (Å²) in [5, 5.41) is 10.9. The summed E-state index contributed by atoms with van der Waals surface area (Å²) in [5.74, 6) is -2.37. The van der Waals surface area contributed by atoms with Crippen molar-refractivity contribution in [3.05, 3.63) is 75.5 Å². The molecule has 0 radical (unpaired) electrons. The van der Waals surface area contributed by atoms with E-state index in [4.69, 9.17) is 0 Å². The minimum Gasteiger partial charge on any atom is -0.507 e. The van der Waals surface area contributed by atoms with Crippen molar-refractivity contribution in [2.24, 2.45) is 0 Å². The SMILES string of the molecule is CCN(CC)CCN1C(=O)C(=O)/C(=C(\O)c2ccc(Br)cc2)C1c1ccccc1F. The predicted octanol–water partition coefficient (Wildman–Crippen LogP) is 4.35. The fourth-order valence-corrected chi connectivity index (χ4v) is 3.95. The number of carbonyl (C=O) groups excluding carboxylic acids is 2. The first-order valence-corrected chi connectivity index (χ1v) is 10.7. The van der Waals surface area contributed by atoms with Crippen molar-refractivity contribution in [3.63, 3.8) is 0 Å². The Labute approximate surface area is 183 Å². The van der Waals surface area contributed by atoms with Gasteiger partial charge in [-0.25, -0.2) is 4.39 Å². The van der Waals surface area contributed by atoms with E-state index in [2.05, 4.69) is 20.8 Å². The van der Waals surface area contributed by atoms with Crippen LogP contribution in [0.15, 0.2) is 58.6 Å². The van der Waals surface area contributed by atoms with Crippen LogP contribution in [0.1, 0.15) is 31.0 Å². The molecule has 1 heterocycles. The topological polar surface area (TPSA) is 60.9 Å². The first kappa shape index (κ1) is 22.2. The standard InChI is InChI=1S/C23H24BrFN2O3/c1-3-26(4-2)13-14-27-20(17-7-5-6-8-18(17)25)19(22(29)23(27)30)21(28)15-9-11-16(24)12-10-15/h5-12,20,28H,3-4,13-14H2,1-2H3/b21-19-. The molecule has 2 aromatic rings. The summed E-state index contributed by atoms with van der Waals surface area (Å²) in [7, 11) is 0. The highest BCUT2D eigenvalue weighted by molar-refractivity contribution is 9.10. The first-order chi connectivity index (χ1) is 14.4. The van der Waals surface area contributed by atoms with Crippen LogP contribution in [-0.4, -0.2) is 52.8 Å². The number of carbonyl (C=O) groups is 2. The highest BCUT2D eigenvalue weighted by atomic mass is 79.9. The number of likely N-dealkylation sites (N-methyl/N-ethyl adjacent to an activating group) is 1. The lowest BCUT2D eigenvalue weighted by Crippen LogP contribution is -2.38. The quantitative estimate of drug-likeness (QED) is 0.368. The van der Waals surface area contributed by atoms with Gasteiger partial charge in [0.1, 0.15) is 11.6 Å². The zero-order valence-corrected chi connectivity index (χ0v) is 18.5. The number of ketones is 1. The van der Waals surface area contributed by atoms with E-state index in [0.717, 1.165) is 17.6 Å². The van der Waals surface area contributed by atoms with Gasteiger partial charge in [0, 0.05) is 28.7 Å². The number of aliphatic hydroxyl groups excluding tert-OH is 1. The summed E-state index contributed by atoms with van der Waals surface area (Å²) in [6.45, 7) is 6.41. The van der Waals surface area contributed by atoms with Gasteiger partial charge in [0.15, 0.2) is 0 Å². The summed E-state index contributed by atoms with van der Waals surface area (Å²) in [6, 6.07) is 11.8. The van der Waals surface area contributed by atoms with E-state index in [-0.39, 0.29) is 23.4 Å².